The highest BCUT2D eigenvalue weighted by Crippen LogP contribution is 2.32. The SMILES string of the molecule is C[C@H](Nc1cc(F)c(S(=O)(=O)N(OC(=O)C(F)(F)F)c2cscn2)c(F)c1)c1ccccc1F. The molecule has 0 aliphatic rings. The molecule has 0 spiro atoms. The predicted molar refractivity (Wildman–Crippen MR) is 109 cm³/mol. The van der Waals surface area contributed by atoms with Gasteiger partial charge in [0.25, 0.3) is 0 Å². The Morgan fingerprint density at radius 1 is 1.12 bits per heavy atom. The van der Waals surface area contributed by atoms with E-state index in [1.807, 2.05) is 0 Å². The van der Waals surface area contributed by atoms with Gasteiger partial charge < -0.3 is 10.2 Å². The lowest BCUT2D eigenvalue weighted by atomic mass is 10.1. The second kappa shape index (κ2) is 9.50. The van der Waals surface area contributed by atoms with E-state index in [4.69, 9.17) is 0 Å². The number of hydrogen-bond acceptors (Lipinski definition) is 7. The molecule has 0 aliphatic heterocycles. The van der Waals surface area contributed by atoms with E-state index in [1.54, 1.807) is 0 Å². The van der Waals surface area contributed by atoms with E-state index in [1.165, 1.54) is 31.2 Å². The van der Waals surface area contributed by atoms with Gasteiger partial charge in [0.2, 0.25) is 0 Å². The summed E-state index contributed by atoms with van der Waals surface area (Å²) >= 11 is 0.713. The Kier molecular flexibility index (Phi) is 7.07. The Balaban J connectivity index is 1.98. The summed E-state index contributed by atoms with van der Waals surface area (Å²) in [5.74, 6) is -7.83. The van der Waals surface area contributed by atoms with E-state index in [9.17, 15) is 39.6 Å². The highest BCUT2D eigenvalue weighted by atomic mass is 32.2. The summed E-state index contributed by atoms with van der Waals surface area (Å²) in [5, 5.41) is 3.47. The van der Waals surface area contributed by atoms with Crippen LogP contribution in [-0.2, 0) is 19.7 Å². The molecule has 2 aromatic carbocycles. The summed E-state index contributed by atoms with van der Waals surface area (Å²) in [5.41, 5.74) is 0.842. The molecule has 1 atom stereocenters. The van der Waals surface area contributed by atoms with Gasteiger partial charge in [0.15, 0.2) is 10.7 Å². The number of anilines is 2. The number of carbonyl (C=O) groups is 1. The van der Waals surface area contributed by atoms with Gasteiger partial charge in [-0.2, -0.15) is 21.6 Å². The van der Waals surface area contributed by atoms with Crippen LogP contribution in [0.3, 0.4) is 0 Å². The minimum atomic E-state index is -5.61. The van der Waals surface area contributed by atoms with Gasteiger partial charge in [-0.15, -0.1) is 11.3 Å². The van der Waals surface area contributed by atoms with Crippen molar-refractivity contribution in [2.24, 2.45) is 0 Å². The number of rotatable bonds is 7. The first kappa shape index (κ1) is 25.3. The van der Waals surface area contributed by atoms with Crippen molar-refractivity contribution in [1.29, 1.82) is 0 Å². The molecule has 0 aliphatic carbocycles. The van der Waals surface area contributed by atoms with Crippen molar-refractivity contribution in [1.82, 2.24) is 4.98 Å². The van der Waals surface area contributed by atoms with Crippen molar-refractivity contribution in [3.8, 4) is 0 Å². The zero-order chi connectivity index (χ0) is 25.3. The number of aromatic nitrogens is 1. The molecule has 1 N–H and O–H groups in total. The lowest BCUT2D eigenvalue weighted by Crippen LogP contribution is -2.39. The van der Waals surface area contributed by atoms with Crippen molar-refractivity contribution < 1.29 is 44.4 Å². The van der Waals surface area contributed by atoms with Crippen LogP contribution in [0.15, 0.2) is 52.2 Å². The van der Waals surface area contributed by atoms with Crippen LogP contribution in [0.1, 0.15) is 18.5 Å². The average Bonchev–Trinajstić information content (AvgIpc) is 3.24. The number of sulfonamides is 1. The van der Waals surface area contributed by atoms with E-state index in [0.717, 1.165) is 10.9 Å². The van der Waals surface area contributed by atoms with Gasteiger partial charge in [-0.25, -0.2) is 22.9 Å². The van der Waals surface area contributed by atoms with E-state index >= 15 is 0 Å². The molecule has 0 saturated carbocycles. The average molecular weight is 525 g/mol. The highest BCUT2D eigenvalue weighted by Gasteiger charge is 2.46. The highest BCUT2D eigenvalue weighted by molar-refractivity contribution is 7.92. The fraction of sp³-hybridized carbons (Fsp3) is 0.158. The first-order valence-corrected chi connectivity index (χ1v) is 11.4. The molecular weight excluding hydrogens is 512 g/mol. The normalized spacial score (nSPS) is 12.8. The molecule has 0 fully saturated rings. The van der Waals surface area contributed by atoms with Crippen LogP contribution in [0.5, 0.6) is 0 Å². The number of thiazole rings is 1. The van der Waals surface area contributed by atoms with Crippen LogP contribution in [-0.4, -0.2) is 25.5 Å². The number of halogens is 6. The Morgan fingerprint density at radius 2 is 1.74 bits per heavy atom. The lowest BCUT2D eigenvalue weighted by molar-refractivity contribution is -0.199. The molecule has 0 radical (unpaired) electrons. The quantitative estimate of drug-likeness (QED) is 0.347. The molecule has 0 amide bonds. The first-order valence-electron chi connectivity index (χ1n) is 9.05. The lowest BCUT2D eigenvalue weighted by Gasteiger charge is -2.22. The Labute approximate surface area is 192 Å². The number of nitrogens with zero attached hydrogens (tertiary/aromatic N) is 2. The summed E-state index contributed by atoms with van der Waals surface area (Å²) in [6, 6.07) is 5.82. The Bertz CT molecular complexity index is 1280. The second-order valence-electron chi connectivity index (χ2n) is 6.61. The molecule has 0 bridgehead atoms. The van der Waals surface area contributed by atoms with Crippen LogP contribution in [0, 0.1) is 17.5 Å². The molecule has 15 heteroatoms. The van der Waals surface area contributed by atoms with E-state index in [0.29, 0.717) is 23.5 Å². The van der Waals surface area contributed by atoms with Crippen molar-refractivity contribution >= 4 is 38.8 Å². The maximum absolute atomic E-state index is 14.8. The third-order valence-corrected chi connectivity index (χ3v) is 6.41. The summed E-state index contributed by atoms with van der Waals surface area (Å²) in [6.07, 6.45) is -5.61. The smallest absolute Gasteiger partial charge is 0.378 e. The second-order valence-corrected chi connectivity index (χ2v) is 9.02. The maximum atomic E-state index is 14.8. The molecule has 0 saturated heterocycles. The van der Waals surface area contributed by atoms with E-state index in [2.05, 4.69) is 15.1 Å². The van der Waals surface area contributed by atoms with Crippen LogP contribution in [0.25, 0.3) is 0 Å². The molecule has 7 nitrogen and oxygen atoms in total. The van der Waals surface area contributed by atoms with Gasteiger partial charge >= 0.3 is 22.2 Å². The molecular formula is C19H13F6N3O4S2. The minimum Gasteiger partial charge on any atom is -0.378 e. The van der Waals surface area contributed by atoms with Gasteiger partial charge in [-0.05, 0) is 25.1 Å². The number of benzene rings is 2. The van der Waals surface area contributed by atoms with Crippen LogP contribution < -0.4 is 9.79 Å². The number of nitrogens with one attached hydrogen (secondary N) is 1. The van der Waals surface area contributed by atoms with E-state index in [-0.39, 0.29) is 11.3 Å². The van der Waals surface area contributed by atoms with Gasteiger partial charge in [0.05, 0.1) is 11.6 Å². The van der Waals surface area contributed by atoms with Gasteiger partial charge in [-0.3, -0.25) is 0 Å². The predicted octanol–water partition coefficient (Wildman–Crippen LogP) is 4.95. The van der Waals surface area contributed by atoms with Gasteiger partial charge in [0.1, 0.15) is 17.5 Å². The first-order chi connectivity index (χ1) is 15.8. The van der Waals surface area contributed by atoms with Gasteiger partial charge in [0, 0.05) is 16.6 Å². The van der Waals surface area contributed by atoms with Crippen LogP contribution >= 0.6 is 11.3 Å². The largest absolute Gasteiger partial charge is 0.493 e. The minimum absolute atomic E-state index is 0.147. The zero-order valence-corrected chi connectivity index (χ0v) is 18.4. The molecule has 1 aromatic heterocycles. The fourth-order valence-corrected chi connectivity index (χ4v) is 4.63. The molecule has 0 unspecified atom stereocenters. The van der Waals surface area contributed by atoms with Crippen molar-refractivity contribution in [3.63, 3.8) is 0 Å². The number of carbonyl (C=O) groups excluding carboxylic acids is 1. The molecule has 3 aromatic rings. The fourth-order valence-electron chi connectivity index (χ4n) is 2.77. The molecule has 34 heavy (non-hydrogen) atoms. The van der Waals surface area contributed by atoms with Crippen molar-refractivity contribution in [2.75, 3.05) is 9.79 Å². The maximum Gasteiger partial charge on any atom is 0.493 e. The third kappa shape index (κ3) is 5.25. The third-order valence-electron chi connectivity index (χ3n) is 4.23. The number of hydrogen-bond donors (Lipinski definition) is 1. The molecule has 1 heterocycles. The summed E-state index contributed by atoms with van der Waals surface area (Å²) < 4.78 is 106. The standard InChI is InChI=1S/C19H13F6N3O4S2/c1-10(12-4-2-3-5-13(12)20)27-11-6-14(21)17(15(22)7-11)34(30,31)28(16-8-33-9-26-16)32-18(29)19(23,24)25/h2-10,27H,1H3/t10-/m0/s1. The van der Waals surface area contributed by atoms with Gasteiger partial charge in [-0.1, -0.05) is 22.7 Å². The molecule has 182 valence electrons. The van der Waals surface area contributed by atoms with E-state index < -0.39 is 60.8 Å². The van der Waals surface area contributed by atoms with Crippen LogP contribution in [0.4, 0.5) is 37.8 Å². The molecule has 3 rings (SSSR count). The Hall–Kier alpha value is -3.33. The van der Waals surface area contributed by atoms with Crippen LogP contribution in [0.2, 0.25) is 0 Å². The summed E-state index contributed by atoms with van der Waals surface area (Å²) in [6.45, 7) is 1.47. The topological polar surface area (TPSA) is 88.6 Å². The zero-order valence-electron chi connectivity index (χ0n) is 16.8. The summed E-state index contributed by atoms with van der Waals surface area (Å²) in [4.78, 5) is 16.9. The summed E-state index contributed by atoms with van der Waals surface area (Å²) in [7, 11) is -5.55. The van der Waals surface area contributed by atoms with Crippen molar-refractivity contribution in [2.45, 2.75) is 24.0 Å². The monoisotopic (exact) mass is 525 g/mol. The van der Waals surface area contributed by atoms with Crippen molar-refractivity contribution in [3.05, 3.63) is 70.3 Å². The Morgan fingerprint density at radius 3 is 2.26 bits per heavy atom. The number of alkyl halides is 3.